The van der Waals surface area contributed by atoms with Crippen LogP contribution in [0.25, 0.3) is 5.76 Å². The van der Waals surface area contributed by atoms with Crippen LogP contribution < -0.4 is 5.73 Å². The minimum atomic E-state index is -0.649. The molecule has 2 aromatic rings. The van der Waals surface area contributed by atoms with E-state index in [2.05, 4.69) is 6.07 Å². The predicted molar refractivity (Wildman–Crippen MR) is 97.1 cm³/mol. The molecule has 130 valence electrons. The van der Waals surface area contributed by atoms with Crippen LogP contribution in [0.1, 0.15) is 24.0 Å². The van der Waals surface area contributed by atoms with Crippen molar-refractivity contribution in [2.75, 3.05) is 6.61 Å². The van der Waals surface area contributed by atoms with E-state index >= 15 is 0 Å². The molecule has 0 saturated heterocycles. The van der Waals surface area contributed by atoms with Crippen molar-refractivity contribution in [3.05, 3.63) is 88.8 Å². The highest BCUT2D eigenvalue weighted by molar-refractivity contribution is 5.99. The number of hydrogen-bond donors (Lipinski definition) is 1. The van der Waals surface area contributed by atoms with Gasteiger partial charge in [-0.2, -0.15) is 5.26 Å². The standard InChI is InChI=1S/C21H18N2O3/c1-2-25-21(24)18-17(14-9-5-3-6-10-14)16(13-22)20(23)26-19(18)15-11-7-4-8-12-15/h3-12,17H,2,23H2,1H3/t17-/m1/s1. The first kappa shape index (κ1) is 17.3. The van der Waals surface area contributed by atoms with Crippen LogP contribution in [0.3, 0.4) is 0 Å². The average Bonchev–Trinajstić information content (AvgIpc) is 2.68. The lowest BCUT2D eigenvalue weighted by molar-refractivity contribution is -0.138. The number of benzene rings is 2. The number of carbonyl (C=O) groups is 1. The molecule has 0 fully saturated rings. The third-order valence-corrected chi connectivity index (χ3v) is 4.08. The molecule has 0 saturated carbocycles. The van der Waals surface area contributed by atoms with Gasteiger partial charge in [0.25, 0.3) is 0 Å². The zero-order chi connectivity index (χ0) is 18.5. The summed E-state index contributed by atoms with van der Waals surface area (Å²) >= 11 is 0. The molecule has 0 unspecified atom stereocenters. The van der Waals surface area contributed by atoms with Gasteiger partial charge in [0.2, 0.25) is 5.88 Å². The maximum atomic E-state index is 12.8. The fourth-order valence-corrected chi connectivity index (χ4v) is 2.96. The summed E-state index contributed by atoms with van der Waals surface area (Å²) in [5, 5.41) is 9.64. The minimum Gasteiger partial charge on any atom is -0.463 e. The van der Waals surface area contributed by atoms with E-state index in [9.17, 15) is 10.1 Å². The van der Waals surface area contributed by atoms with Crippen molar-refractivity contribution in [1.29, 1.82) is 5.26 Å². The van der Waals surface area contributed by atoms with Crippen molar-refractivity contribution in [3.63, 3.8) is 0 Å². The molecule has 0 aliphatic carbocycles. The number of esters is 1. The monoisotopic (exact) mass is 346 g/mol. The predicted octanol–water partition coefficient (Wildman–Crippen LogP) is 3.47. The van der Waals surface area contributed by atoms with E-state index in [-0.39, 0.29) is 23.6 Å². The van der Waals surface area contributed by atoms with E-state index in [0.29, 0.717) is 11.3 Å². The van der Waals surface area contributed by atoms with Gasteiger partial charge in [-0.25, -0.2) is 4.79 Å². The third-order valence-electron chi connectivity index (χ3n) is 4.08. The Bertz CT molecular complexity index is 909. The number of ether oxygens (including phenoxy) is 2. The molecule has 1 aliphatic heterocycles. The van der Waals surface area contributed by atoms with Gasteiger partial charge < -0.3 is 15.2 Å². The molecule has 5 heteroatoms. The molecule has 0 radical (unpaired) electrons. The molecule has 1 aliphatic rings. The summed E-state index contributed by atoms with van der Waals surface area (Å²) in [5.41, 5.74) is 7.96. The van der Waals surface area contributed by atoms with Crippen LogP contribution in [0, 0.1) is 11.3 Å². The van der Waals surface area contributed by atoms with Gasteiger partial charge in [-0.15, -0.1) is 0 Å². The first-order chi connectivity index (χ1) is 12.7. The van der Waals surface area contributed by atoms with Crippen molar-refractivity contribution in [2.24, 2.45) is 5.73 Å². The van der Waals surface area contributed by atoms with E-state index in [1.54, 1.807) is 6.92 Å². The van der Waals surface area contributed by atoms with Gasteiger partial charge in [0, 0.05) is 5.56 Å². The number of nitriles is 1. The molecule has 2 N–H and O–H groups in total. The topological polar surface area (TPSA) is 85.3 Å². The van der Waals surface area contributed by atoms with E-state index in [1.807, 2.05) is 60.7 Å². The number of nitrogens with zero attached hydrogens (tertiary/aromatic N) is 1. The fraction of sp³-hybridized carbons (Fsp3) is 0.143. The van der Waals surface area contributed by atoms with Gasteiger partial charge >= 0.3 is 5.97 Å². The Kier molecular flexibility index (Phi) is 5.04. The summed E-state index contributed by atoms with van der Waals surface area (Å²) in [6, 6.07) is 20.5. The summed E-state index contributed by atoms with van der Waals surface area (Å²) in [5.74, 6) is -0.868. The zero-order valence-corrected chi connectivity index (χ0v) is 14.3. The molecule has 5 nitrogen and oxygen atoms in total. The maximum Gasteiger partial charge on any atom is 0.338 e. The highest BCUT2D eigenvalue weighted by Crippen LogP contribution is 2.42. The molecule has 0 aromatic heterocycles. The van der Waals surface area contributed by atoms with Gasteiger partial charge in [-0.3, -0.25) is 0 Å². The quantitative estimate of drug-likeness (QED) is 0.857. The molecule has 2 aromatic carbocycles. The third kappa shape index (κ3) is 3.17. The first-order valence-electron chi connectivity index (χ1n) is 8.26. The highest BCUT2D eigenvalue weighted by Gasteiger charge is 2.38. The molecular formula is C21H18N2O3. The molecule has 0 amide bonds. The van der Waals surface area contributed by atoms with Crippen molar-refractivity contribution in [2.45, 2.75) is 12.8 Å². The second kappa shape index (κ2) is 7.58. The number of nitrogens with two attached hydrogens (primary N) is 1. The smallest absolute Gasteiger partial charge is 0.338 e. The van der Waals surface area contributed by atoms with Crippen LogP contribution in [-0.4, -0.2) is 12.6 Å². The van der Waals surface area contributed by atoms with Crippen LogP contribution >= 0.6 is 0 Å². The molecule has 1 heterocycles. The molecule has 26 heavy (non-hydrogen) atoms. The van der Waals surface area contributed by atoms with Crippen molar-refractivity contribution < 1.29 is 14.3 Å². The van der Waals surface area contributed by atoms with Crippen LogP contribution in [-0.2, 0) is 14.3 Å². The Morgan fingerprint density at radius 1 is 1.15 bits per heavy atom. The molecular weight excluding hydrogens is 328 g/mol. The Hall–Kier alpha value is -3.52. The average molecular weight is 346 g/mol. The summed E-state index contributed by atoms with van der Waals surface area (Å²) in [6.45, 7) is 1.95. The Morgan fingerprint density at radius 2 is 1.77 bits per heavy atom. The molecule has 1 atom stereocenters. The van der Waals surface area contributed by atoms with Gasteiger partial charge in [-0.05, 0) is 12.5 Å². The van der Waals surface area contributed by atoms with Crippen LogP contribution in [0.4, 0.5) is 0 Å². The summed E-state index contributed by atoms with van der Waals surface area (Å²) in [4.78, 5) is 12.8. The summed E-state index contributed by atoms with van der Waals surface area (Å²) < 4.78 is 11.0. The van der Waals surface area contributed by atoms with Crippen molar-refractivity contribution in [3.8, 4) is 6.07 Å². The summed E-state index contributed by atoms with van der Waals surface area (Å²) in [7, 11) is 0. The lowest BCUT2D eigenvalue weighted by Gasteiger charge is -2.28. The lowest BCUT2D eigenvalue weighted by atomic mass is 9.82. The SMILES string of the molecule is CCOC(=O)C1=C(c2ccccc2)OC(N)=C(C#N)[C@H]1c1ccccc1. The summed E-state index contributed by atoms with van der Waals surface area (Å²) in [6.07, 6.45) is 0. The fourth-order valence-electron chi connectivity index (χ4n) is 2.96. The van der Waals surface area contributed by atoms with E-state index < -0.39 is 11.9 Å². The Labute approximate surface area is 152 Å². The van der Waals surface area contributed by atoms with Crippen LogP contribution in [0.2, 0.25) is 0 Å². The van der Waals surface area contributed by atoms with Gasteiger partial charge in [0.15, 0.2) is 0 Å². The Balaban J connectivity index is 2.27. The lowest BCUT2D eigenvalue weighted by Crippen LogP contribution is -2.25. The van der Waals surface area contributed by atoms with E-state index in [1.165, 1.54) is 0 Å². The van der Waals surface area contributed by atoms with Gasteiger partial charge in [0.1, 0.15) is 17.4 Å². The van der Waals surface area contributed by atoms with Crippen molar-refractivity contribution >= 4 is 11.7 Å². The second-order valence-electron chi connectivity index (χ2n) is 5.66. The van der Waals surface area contributed by atoms with Crippen molar-refractivity contribution in [1.82, 2.24) is 0 Å². The van der Waals surface area contributed by atoms with Gasteiger partial charge in [-0.1, -0.05) is 60.7 Å². The minimum absolute atomic E-state index is 0.00625. The zero-order valence-electron chi connectivity index (χ0n) is 14.3. The molecule has 3 rings (SSSR count). The van der Waals surface area contributed by atoms with E-state index in [0.717, 1.165) is 5.56 Å². The van der Waals surface area contributed by atoms with E-state index in [4.69, 9.17) is 15.2 Å². The first-order valence-corrected chi connectivity index (χ1v) is 8.26. The Morgan fingerprint density at radius 3 is 2.35 bits per heavy atom. The van der Waals surface area contributed by atoms with Crippen LogP contribution in [0.15, 0.2) is 77.7 Å². The number of hydrogen-bond acceptors (Lipinski definition) is 5. The normalized spacial score (nSPS) is 16.7. The number of carbonyl (C=O) groups excluding carboxylic acids is 1. The molecule has 0 bridgehead atoms. The highest BCUT2D eigenvalue weighted by atomic mass is 16.5. The maximum absolute atomic E-state index is 12.8. The number of rotatable bonds is 4. The number of allylic oxidation sites excluding steroid dienone is 1. The van der Waals surface area contributed by atoms with Gasteiger partial charge in [0.05, 0.1) is 18.1 Å². The second-order valence-corrected chi connectivity index (χ2v) is 5.66. The van der Waals surface area contributed by atoms with Crippen LogP contribution in [0.5, 0.6) is 0 Å². The molecule has 0 spiro atoms. The largest absolute Gasteiger partial charge is 0.463 e.